The number of benzene rings is 1. The van der Waals surface area contributed by atoms with E-state index in [1.54, 1.807) is 25.1 Å². The molecule has 7 nitrogen and oxygen atoms in total. The van der Waals surface area contributed by atoms with Crippen LogP contribution in [0.3, 0.4) is 0 Å². The van der Waals surface area contributed by atoms with Gasteiger partial charge in [0.25, 0.3) is 5.91 Å². The van der Waals surface area contributed by atoms with Crippen molar-refractivity contribution in [3.63, 3.8) is 0 Å². The second-order valence-corrected chi connectivity index (χ2v) is 6.75. The summed E-state index contributed by atoms with van der Waals surface area (Å²) in [5, 5.41) is 0. The van der Waals surface area contributed by atoms with Crippen LogP contribution >= 0.6 is 12.4 Å². The third-order valence-electron chi connectivity index (χ3n) is 5.03. The first-order valence-electron chi connectivity index (χ1n) is 8.74. The lowest BCUT2D eigenvalue weighted by molar-refractivity contribution is 0.0661. The first-order valence-corrected chi connectivity index (χ1v) is 8.74. The Kier molecular flexibility index (Phi) is 6.26. The van der Waals surface area contributed by atoms with E-state index in [1.807, 2.05) is 11.8 Å². The monoisotopic (exact) mass is 380 g/mol. The van der Waals surface area contributed by atoms with Gasteiger partial charge in [0.05, 0.1) is 11.0 Å². The van der Waals surface area contributed by atoms with Gasteiger partial charge in [0.1, 0.15) is 0 Å². The molecule has 0 saturated carbocycles. The highest BCUT2D eigenvalue weighted by Gasteiger charge is 2.26. The molecular weight excluding hydrogens is 356 g/mol. The van der Waals surface area contributed by atoms with Crippen LogP contribution in [0.5, 0.6) is 0 Å². The molecule has 1 aliphatic heterocycles. The number of likely N-dealkylation sites (tertiary alicyclic amines) is 1. The minimum atomic E-state index is -0.672. The summed E-state index contributed by atoms with van der Waals surface area (Å²) in [6.07, 6.45) is 1.98. The molecule has 0 spiro atoms. The first-order chi connectivity index (χ1) is 11.9. The summed E-state index contributed by atoms with van der Waals surface area (Å²) in [4.78, 5) is 41.0. The standard InChI is InChI=1S/C18H24N4O3.ClH/c1-3-22-15-7-6-12(9-14(15)20-16(23)18(22)25)17(24)21-8-4-5-13(10-21)11(2)19;/h6-7,9,11,13H,3-5,8,10,19H2,1-2H3,(H,20,23);1H. The van der Waals surface area contributed by atoms with Gasteiger partial charge in [-0.25, -0.2) is 0 Å². The SMILES string of the molecule is CCn1c(=O)c(=O)[nH]c2cc(C(=O)N3CCCC(C(C)N)C3)ccc21.Cl. The highest BCUT2D eigenvalue weighted by atomic mass is 35.5. The van der Waals surface area contributed by atoms with Gasteiger partial charge in [-0.1, -0.05) is 0 Å². The van der Waals surface area contributed by atoms with Gasteiger partial charge in [0.15, 0.2) is 0 Å². The van der Waals surface area contributed by atoms with Crippen LogP contribution < -0.4 is 16.9 Å². The van der Waals surface area contributed by atoms with E-state index < -0.39 is 11.1 Å². The molecule has 2 atom stereocenters. The third-order valence-corrected chi connectivity index (χ3v) is 5.03. The number of aryl methyl sites for hydroxylation is 1. The number of carbonyl (C=O) groups is 1. The number of halogens is 1. The minimum Gasteiger partial charge on any atom is -0.338 e. The summed E-state index contributed by atoms with van der Waals surface area (Å²) < 4.78 is 1.41. The van der Waals surface area contributed by atoms with Crippen molar-refractivity contribution in [3.05, 3.63) is 44.5 Å². The molecule has 1 aliphatic rings. The molecule has 0 aliphatic carbocycles. The zero-order chi connectivity index (χ0) is 18.1. The molecule has 0 bridgehead atoms. The molecule has 1 aromatic heterocycles. The molecule has 3 rings (SSSR count). The van der Waals surface area contributed by atoms with Crippen molar-refractivity contribution in [2.75, 3.05) is 13.1 Å². The van der Waals surface area contributed by atoms with E-state index in [4.69, 9.17) is 5.73 Å². The van der Waals surface area contributed by atoms with Crippen LogP contribution in [0.1, 0.15) is 37.0 Å². The van der Waals surface area contributed by atoms with Crippen molar-refractivity contribution in [2.45, 2.75) is 39.3 Å². The molecule has 1 saturated heterocycles. The topological polar surface area (TPSA) is 101 Å². The maximum absolute atomic E-state index is 12.8. The Hall–Kier alpha value is -2.12. The average Bonchev–Trinajstić information content (AvgIpc) is 2.62. The lowest BCUT2D eigenvalue weighted by Gasteiger charge is -2.34. The van der Waals surface area contributed by atoms with Gasteiger partial charge >= 0.3 is 11.1 Å². The van der Waals surface area contributed by atoms with E-state index in [9.17, 15) is 14.4 Å². The second kappa shape index (κ2) is 8.05. The Morgan fingerprint density at radius 2 is 2.12 bits per heavy atom. The predicted molar refractivity (Wildman–Crippen MR) is 104 cm³/mol. The Balaban J connectivity index is 0.00000243. The number of amides is 1. The molecule has 8 heteroatoms. The van der Waals surface area contributed by atoms with Crippen molar-refractivity contribution in [1.82, 2.24) is 14.5 Å². The first kappa shape index (κ1) is 20.2. The molecule has 1 fully saturated rings. The number of hydrogen-bond acceptors (Lipinski definition) is 4. The molecular formula is C18H25ClN4O3. The summed E-state index contributed by atoms with van der Waals surface area (Å²) in [7, 11) is 0. The molecule has 142 valence electrons. The van der Waals surface area contributed by atoms with Crippen LogP contribution in [0.25, 0.3) is 11.0 Å². The van der Waals surface area contributed by atoms with Gasteiger partial charge in [0, 0.05) is 31.2 Å². The summed E-state index contributed by atoms with van der Waals surface area (Å²) in [6.45, 7) is 5.55. The lowest BCUT2D eigenvalue weighted by Crippen LogP contribution is -2.45. The van der Waals surface area contributed by atoms with E-state index in [1.165, 1.54) is 4.57 Å². The van der Waals surface area contributed by atoms with Gasteiger partial charge in [-0.05, 0) is 50.8 Å². The Morgan fingerprint density at radius 3 is 2.77 bits per heavy atom. The number of nitrogens with one attached hydrogen (secondary N) is 1. The number of hydrogen-bond donors (Lipinski definition) is 2. The highest BCUT2D eigenvalue weighted by Crippen LogP contribution is 2.21. The maximum Gasteiger partial charge on any atom is 0.316 e. The average molecular weight is 381 g/mol. The molecule has 2 unspecified atom stereocenters. The third kappa shape index (κ3) is 3.68. The quantitative estimate of drug-likeness (QED) is 0.784. The molecule has 2 aromatic rings. The van der Waals surface area contributed by atoms with Gasteiger partial charge in [-0.2, -0.15) is 0 Å². The van der Waals surface area contributed by atoms with Crippen LogP contribution in [-0.2, 0) is 6.54 Å². The summed E-state index contributed by atoms with van der Waals surface area (Å²) in [6, 6.07) is 5.14. The molecule has 1 aromatic carbocycles. The summed E-state index contributed by atoms with van der Waals surface area (Å²) in [5.41, 5.74) is 6.37. The molecule has 3 N–H and O–H groups in total. The molecule has 0 radical (unpaired) electrons. The van der Waals surface area contributed by atoms with Gasteiger partial charge < -0.3 is 20.2 Å². The fourth-order valence-electron chi connectivity index (χ4n) is 3.53. The zero-order valence-corrected chi connectivity index (χ0v) is 15.8. The van der Waals surface area contributed by atoms with Crippen molar-refractivity contribution >= 4 is 29.3 Å². The van der Waals surface area contributed by atoms with E-state index in [2.05, 4.69) is 4.98 Å². The van der Waals surface area contributed by atoms with Crippen molar-refractivity contribution in [2.24, 2.45) is 11.7 Å². The Bertz CT molecular complexity index is 919. The van der Waals surface area contributed by atoms with Crippen LogP contribution in [0, 0.1) is 5.92 Å². The summed E-state index contributed by atoms with van der Waals surface area (Å²) in [5.74, 6) is 0.241. The zero-order valence-electron chi connectivity index (χ0n) is 15.0. The molecule has 2 heterocycles. The number of piperidine rings is 1. The normalized spacial score (nSPS) is 18.4. The Labute approximate surface area is 157 Å². The lowest BCUT2D eigenvalue weighted by atomic mass is 9.92. The van der Waals surface area contributed by atoms with Gasteiger partial charge in [-0.15, -0.1) is 12.4 Å². The predicted octanol–water partition coefficient (Wildman–Crippen LogP) is 1.33. The van der Waals surface area contributed by atoms with E-state index >= 15 is 0 Å². The number of fused-ring (bicyclic) bond motifs is 1. The van der Waals surface area contributed by atoms with Crippen LogP contribution in [0.15, 0.2) is 27.8 Å². The van der Waals surface area contributed by atoms with Crippen LogP contribution in [0.2, 0.25) is 0 Å². The molecule has 1 amide bonds. The fraction of sp³-hybridized carbons (Fsp3) is 0.500. The fourth-order valence-corrected chi connectivity index (χ4v) is 3.53. The van der Waals surface area contributed by atoms with Crippen molar-refractivity contribution < 1.29 is 4.79 Å². The van der Waals surface area contributed by atoms with E-state index in [-0.39, 0.29) is 24.4 Å². The maximum atomic E-state index is 12.8. The van der Waals surface area contributed by atoms with E-state index in [0.717, 1.165) is 12.8 Å². The van der Waals surface area contributed by atoms with E-state index in [0.29, 0.717) is 42.1 Å². The van der Waals surface area contributed by atoms with Crippen LogP contribution in [-0.4, -0.2) is 39.5 Å². The number of rotatable bonds is 3. The van der Waals surface area contributed by atoms with Gasteiger partial charge in [-0.3, -0.25) is 14.4 Å². The minimum absolute atomic E-state index is 0. The molecule has 26 heavy (non-hydrogen) atoms. The number of carbonyl (C=O) groups excluding carboxylic acids is 1. The van der Waals surface area contributed by atoms with Gasteiger partial charge in [0.2, 0.25) is 0 Å². The van der Waals surface area contributed by atoms with Crippen LogP contribution in [0.4, 0.5) is 0 Å². The smallest absolute Gasteiger partial charge is 0.316 e. The Morgan fingerprint density at radius 1 is 1.38 bits per heavy atom. The number of nitrogens with zero attached hydrogens (tertiary/aromatic N) is 2. The van der Waals surface area contributed by atoms with Crippen molar-refractivity contribution in [3.8, 4) is 0 Å². The summed E-state index contributed by atoms with van der Waals surface area (Å²) >= 11 is 0. The number of aromatic nitrogens is 2. The largest absolute Gasteiger partial charge is 0.338 e. The second-order valence-electron chi connectivity index (χ2n) is 6.75. The number of aromatic amines is 1. The highest BCUT2D eigenvalue weighted by molar-refractivity contribution is 5.97. The number of H-pyrrole nitrogens is 1. The van der Waals surface area contributed by atoms with Crippen molar-refractivity contribution in [1.29, 1.82) is 0 Å². The number of nitrogens with two attached hydrogens (primary N) is 1.